The van der Waals surface area contributed by atoms with Crippen molar-refractivity contribution >= 4 is 5.78 Å². The fourth-order valence-electron chi connectivity index (χ4n) is 4.73. The molecule has 0 saturated carbocycles. The summed E-state index contributed by atoms with van der Waals surface area (Å²) in [5, 5.41) is 0. The summed E-state index contributed by atoms with van der Waals surface area (Å²) in [4.78, 5) is 15.8. The molecule has 1 saturated heterocycles. The van der Waals surface area contributed by atoms with E-state index in [4.69, 9.17) is 4.74 Å². The van der Waals surface area contributed by atoms with Gasteiger partial charge in [-0.1, -0.05) is 42.5 Å². The van der Waals surface area contributed by atoms with Crippen LogP contribution in [-0.4, -0.2) is 36.4 Å². The van der Waals surface area contributed by atoms with Crippen LogP contribution in [0.1, 0.15) is 53.6 Å². The molecule has 2 aromatic rings. The van der Waals surface area contributed by atoms with Gasteiger partial charge in [-0.2, -0.15) is 0 Å². The summed E-state index contributed by atoms with van der Waals surface area (Å²) in [7, 11) is 1.68. The van der Waals surface area contributed by atoms with E-state index in [1.807, 2.05) is 18.2 Å². The van der Waals surface area contributed by atoms with Crippen LogP contribution in [0, 0.1) is 0 Å². The Morgan fingerprint density at radius 3 is 2.46 bits per heavy atom. The van der Waals surface area contributed by atoms with Gasteiger partial charge in [0, 0.05) is 11.1 Å². The molecule has 26 heavy (non-hydrogen) atoms. The van der Waals surface area contributed by atoms with Crippen molar-refractivity contribution in [1.29, 1.82) is 0 Å². The van der Waals surface area contributed by atoms with Gasteiger partial charge in [0.25, 0.3) is 0 Å². The van der Waals surface area contributed by atoms with Crippen LogP contribution in [0.25, 0.3) is 0 Å². The number of carbonyl (C=O) groups is 1. The van der Waals surface area contributed by atoms with E-state index in [0.29, 0.717) is 5.92 Å². The van der Waals surface area contributed by atoms with Gasteiger partial charge >= 0.3 is 0 Å². The Kier molecular flexibility index (Phi) is 4.58. The van der Waals surface area contributed by atoms with Gasteiger partial charge in [-0.05, 0) is 63.2 Å². The molecule has 0 amide bonds. The normalized spacial score (nSPS) is 24.3. The number of hydrogen-bond donors (Lipinski definition) is 0. The van der Waals surface area contributed by atoms with Crippen LogP contribution in [-0.2, 0) is 6.42 Å². The molecule has 0 aromatic heterocycles. The molecule has 4 rings (SSSR count). The molecule has 0 N–H and O–H groups in total. The van der Waals surface area contributed by atoms with Crippen LogP contribution >= 0.6 is 0 Å². The average molecular weight is 349 g/mol. The summed E-state index contributed by atoms with van der Waals surface area (Å²) in [5.74, 6) is 1.72. The number of benzene rings is 2. The second-order valence-corrected chi connectivity index (χ2v) is 7.76. The first-order chi connectivity index (χ1) is 12.6. The summed E-state index contributed by atoms with van der Waals surface area (Å²) in [5.41, 5.74) is 2.98. The number of nitrogens with zero attached hydrogens (tertiary/aromatic N) is 1. The monoisotopic (exact) mass is 349 g/mol. The molecule has 0 radical (unpaired) electrons. The van der Waals surface area contributed by atoms with E-state index >= 15 is 0 Å². The summed E-state index contributed by atoms with van der Waals surface area (Å²) >= 11 is 0. The van der Waals surface area contributed by atoms with Gasteiger partial charge in [0.05, 0.1) is 12.6 Å². The number of carbonyl (C=O) groups excluding carboxylic acids is 1. The number of ketones is 1. The second-order valence-electron chi connectivity index (χ2n) is 7.76. The third kappa shape index (κ3) is 2.84. The Morgan fingerprint density at radius 2 is 1.77 bits per heavy atom. The molecule has 2 aromatic carbocycles. The Hall–Kier alpha value is -2.13. The molecule has 1 heterocycles. The molecule has 1 unspecified atom stereocenters. The summed E-state index contributed by atoms with van der Waals surface area (Å²) < 4.78 is 5.47. The third-order valence-electron chi connectivity index (χ3n) is 6.41. The maximum Gasteiger partial charge on any atom is 0.183 e. The van der Waals surface area contributed by atoms with Crippen LogP contribution < -0.4 is 4.74 Å². The van der Waals surface area contributed by atoms with Crippen molar-refractivity contribution in [3.8, 4) is 5.75 Å². The fraction of sp³-hybridized carbons (Fsp3) is 0.435. The first-order valence-corrected chi connectivity index (χ1v) is 9.64. The number of ether oxygens (including phenoxy) is 1. The lowest BCUT2D eigenvalue weighted by atomic mass is 9.75. The molecule has 2 aliphatic rings. The minimum Gasteiger partial charge on any atom is -0.496 e. The molecule has 0 spiro atoms. The number of fused-ring (bicyclic) bond motifs is 1. The fourth-order valence-corrected chi connectivity index (χ4v) is 4.73. The van der Waals surface area contributed by atoms with Crippen molar-refractivity contribution in [3.05, 3.63) is 65.2 Å². The molecule has 0 bridgehead atoms. The van der Waals surface area contributed by atoms with Crippen molar-refractivity contribution in [2.24, 2.45) is 0 Å². The number of Topliss-reactive ketones (excluding diaryl/α,β-unsaturated/α-hetero) is 1. The Morgan fingerprint density at radius 1 is 1.04 bits per heavy atom. The molecule has 1 fully saturated rings. The van der Waals surface area contributed by atoms with E-state index in [0.717, 1.165) is 55.6 Å². The standard InChI is InChI=1S/C23H27NO2/c1-23(14-11-19-20(22(23)25)9-6-10-21(19)26-2)24-15-12-18(13-16-24)17-7-4-3-5-8-17/h3-10,18H,11-16H2,1-2H3. The van der Waals surface area contributed by atoms with E-state index in [1.54, 1.807) is 7.11 Å². The van der Waals surface area contributed by atoms with Crippen LogP contribution in [0.2, 0.25) is 0 Å². The smallest absolute Gasteiger partial charge is 0.183 e. The van der Waals surface area contributed by atoms with Gasteiger partial charge in [0.1, 0.15) is 5.75 Å². The summed E-state index contributed by atoms with van der Waals surface area (Å²) in [6, 6.07) is 16.6. The quantitative estimate of drug-likeness (QED) is 0.819. The molecule has 3 heteroatoms. The third-order valence-corrected chi connectivity index (χ3v) is 6.41. The van der Waals surface area contributed by atoms with Crippen molar-refractivity contribution < 1.29 is 9.53 Å². The zero-order valence-electron chi connectivity index (χ0n) is 15.7. The highest BCUT2D eigenvalue weighted by molar-refractivity contribution is 6.05. The van der Waals surface area contributed by atoms with Gasteiger partial charge in [-0.25, -0.2) is 0 Å². The van der Waals surface area contributed by atoms with Crippen molar-refractivity contribution in [2.75, 3.05) is 20.2 Å². The molecule has 3 nitrogen and oxygen atoms in total. The van der Waals surface area contributed by atoms with E-state index in [-0.39, 0.29) is 11.3 Å². The van der Waals surface area contributed by atoms with E-state index in [1.165, 1.54) is 5.56 Å². The zero-order valence-corrected chi connectivity index (χ0v) is 15.7. The van der Waals surface area contributed by atoms with E-state index < -0.39 is 0 Å². The first-order valence-electron chi connectivity index (χ1n) is 9.64. The Balaban J connectivity index is 1.52. The van der Waals surface area contributed by atoms with E-state index in [9.17, 15) is 4.79 Å². The van der Waals surface area contributed by atoms with Gasteiger partial charge in [0.2, 0.25) is 0 Å². The minimum atomic E-state index is -0.388. The predicted octanol–water partition coefficient (Wildman–Crippen LogP) is 4.46. The van der Waals surface area contributed by atoms with Crippen molar-refractivity contribution in [3.63, 3.8) is 0 Å². The number of likely N-dealkylation sites (tertiary alicyclic amines) is 1. The lowest BCUT2D eigenvalue weighted by Gasteiger charge is -2.46. The largest absolute Gasteiger partial charge is 0.496 e. The molecule has 1 aliphatic heterocycles. The van der Waals surface area contributed by atoms with E-state index in [2.05, 4.69) is 42.2 Å². The molecular formula is C23H27NO2. The molecular weight excluding hydrogens is 322 g/mol. The van der Waals surface area contributed by atoms with Crippen LogP contribution in [0.3, 0.4) is 0 Å². The average Bonchev–Trinajstić information content (AvgIpc) is 2.71. The van der Waals surface area contributed by atoms with Crippen molar-refractivity contribution in [1.82, 2.24) is 4.90 Å². The lowest BCUT2D eigenvalue weighted by Crippen LogP contribution is -2.56. The Labute approximate surface area is 156 Å². The molecule has 1 atom stereocenters. The van der Waals surface area contributed by atoms with Gasteiger partial charge < -0.3 is 4.74 Å². The topological polar surface area (TPSA) is 29.5 Å². The molecule has 1 aliphatic carbocycles. The first kappa shape index (κ1) is 17.3. The highest BCUT2D eigenvalue weighted by Crippen LogP contribution is 2.39. The number of hydrogen-bond acceptors (Lipinski definition) is 3. The van der Waals surface area contributed by atoms with Crippen molar-refractivity contribution in [2.45, 2.75) is 44.1 Å². The summed E-state index contributed by atoms with van der Waals surface area (Å²) in [6.45, 7) is 4.11. The van der Waals surface area contributed by atoms with Crippen LogP contribution in [0.5, 0.6) is 5.75 Å². The maximum atomic E-state index is 13.4. The maximum absolute atomic E-state index is 13.4. The lowest BCUT2D eigenvalue weighted by molar-refractivity contribution is 0.0438. The molecule has 136 valence electrons. The van der Waals surface area contributed by atoms with Crippen LogP contribution in [0.15, 0.2) is 48.5 Å². The number of methoxy groups -OCH3 is 1. The van der Waals surface area contributed by atoms with Crippen LogP contribution in [0.4, 0.5) is 0 Å². The number of rotatable bonds is 3. The minimum absolute atomic E-state index is 0.260. The highest BCUT2D eigenvalue weighted by Gasteiger charge is 2.44. The van der Waals surface area contributed by atoms with Gasteiger partial charge in [-0.3, -0.25) is 9.69 Å². The second kappa shape index (κ2) is 6.88. The predicted molar refractivity (Wildman–Crippen MR) is 104 cm³/mol. The highest BCUT2D eigenvalue weighted by atomic mass is 16.5. The van der Waals surface area contributed by atoms with Gasteiger partial charge in [0.15, 0.2) is 5.78 Å². The number of piperidine rings is 1. The SMILES string of the molecule is COc1cccc2c1CCC(C)(N1CCC(c3ccccc3)CC1)C2=O. The van der Waals surface area contributed by atoms with Gasteiger partial charge in [-0.15, -0.1) is 0 Å². The Bertz CT molecular complexity index is 793. The summed E-state index contributed by atoms with van der Waals surface area (Å²) in [6.07, 6.45) is 4.02. The zero-order chi connectivity index (χ0) is 18.1.